The van der Waals surface area contributed by atoms with Crippen LogP contribution in [0.5, 0.6) is 0 Å². The highest BCUT2D eigenvalue weighted by atomic mass is 32.2. The van der Waals surface area contributed by atoms with Gasteiger partial charge in [0.05, 0.1) is 16.8 Å². The summed E-state index contributed by atoms with van der Waals surface area (Å²) in [5.74, 6) is -1.39. The molecule has 0 aliphatic rings. The number of para-hydroxylation sites is 1. The molecule has 0 aliphatic carbocycles. The van der Waals surface area contributed by atoms with Gasteiger partial charge in [0, 0.05) is 0 Å². The SMILES string of the molecule is Cc1ccc(S(=O)(=O)Nc2ccc(Nc3c(F)cccc3F)cn2)c(C)c1. The van der Waals surface area contributed by atoms with Crippen LogP contribution in [0.1, 0.15) is 11.1 Å². The van der Waals surface area contributed by atoms with Crippen molar-refractivity contribution in [2.24, 2.45) is 0 Å². The molecule has 8 heteroatoms. The van der Waals surface area contributed by atoms with Gasteiger partial charge in [-0.1, -0.05) is 23.8 Å². The number of pyridine rings is 1. The average Bonchev–Trinajstić information content (AvgIpc) is 2.59. The zero-order chi connectivity index (χ0) is 19.6. The van der Waals surface area contributed by atoms with E-state index in [1.807, 2.05) is 6.92 Å². The van der Waals surface area contributed by atoms with Gasteiger partial charge >= 0.3 is 0 Å². The Hall–Kier alpha value is -3.00. The molecule has 2 N–H and O–H groups in total. The van der Waals surface area contributed by atoms with E-state index in [-0.39, 0.29) is 16.4 Å². The van der Waals surface area contributed by atoms with Gasteiger partial charge in [0.25, 0.3) is 10.0 Å². The molecular weight excluding hydrogens is 372 g/mol. The van der Waals surface area contributed by atoms with Gasteiger partial charge in [-0.3, -0.25) is 4.72 Å². The number of nitrogens with zero attached hydrogens (tertiary/aromatic N) is 1. The quantitative estimate of drug-likeness (QED) is 0.673. The summed E-state index contributed by atoms with van der Waals surface area (Å²) in [4.78, 5) is 4.15. The average molecular weight is 389 g/mol. The van der Waals surface area contributed by atoms with Gasteiger partial charge in [0.1, 0.15) is 23.1 Å². The summed E-state index contributed by atoms with van der Waals surface area (Å²) in [6.07, 6.45) is 1.28. The summed E-state index contributed by atoms with van der Waals surface area (Å²) in [7, 11) is -3.80. The molecule has 0 saturated heterocycles. The van der Waals surface area contributed by atoms with Crippen molar-refractivity contribution in [3.8, 4) is 0 Å². The molecule has 3 aromatic rings. The Bertz CT molecular complexity index is 1060. The first-order chi connectivity index (χ1) is 12.8. The molecule has 0 aliphatic heterocycles. The number of nitrogens with one attached hydrogen (secondary N) is 2. The lowest BCUT2D eigenvalue weighted by atomic mass is 10.2. The zero-order valence-corrected chi connectivity index (χ0v) is 15.4. The van der Waals surface area contributed by atoms with Crippen LogP contribution < -0.4 is 10.0 Å². The molecule has 0 radical (unpaired) electrons. The largest absolute Gasteiger partial charge is 0.349 e. The molecule has 0 spiro atoms. The number of benzene rings is 2. The number of hydrogen-bond donors (Lipinski definition) is 2. The minimum atomic E-state index is -3.80. The van der Waals surface area contributed by atoms with E-state index in [0.29, 0.717) is 11.3 Å². The number of aryl methyl sites for hydroxylation is 2. The van der Waals surface area contributed by atoms with Crippen molar-refractivity contribution in [1.82, 2.24) is 4.98 Å². The van der Waals surface area contributed by atoms with Crippen LogP contribution >= 0.6 is 0 Å². The minimum Gasteiger partial charge on any atom is -0.349 e. The van der Waals surface area contributed by atoms with Crippen molar-refractivity contribution in [2.75, 3.05) is 10.0 Å². The Labute approximate surface area is 156 Å². The number of anilines is 3. The van der Waals surface area contributed by atoms with Crippen molar-refractivity contribution < 1.29 is 17.2 Å². The highest BCUT2D eigenvalue weighted by Gasteiger charge is 2.17. The highest BCUT2D eigenvalue weighted by molar-refractivity contribution is 7.92. The van der Waals surface area contributed by atoms with E-state index < -0.39 is 21.7 Å². The summed E-state index contributed by atoms with van der Waals surface area (Å²) in [5, 5.41) is 2.59. The van der Waals surface area contributed by atoms with E-state index in [1.165, 1.54) is 30.5 Å². The second-order valence-corrected chi connectivity index (χ2v) is 7.68. The Morgan fingerprint density at radius 2 is 1.67 bits per heavy atom. The highest BCUT2D eigenvalue weighted by Crippen LogP contribution is 2.24. The van der Waals surface area contributed by atoms with E-state index in [0.717, 1.165) is 17.7 Å². The fourth-order valence-corrected chi connectivity index (χ4v) is 3.82. The predicted molar refractivity (Wildman–Crippen MR) is 101 cm³/mol. The number of sulfonamides is 1. The third kappa shape index (κ3) is 4.22. The van der Waals surface area contributed by atoms with Gasteiger partial charge in [-0.2, -0.15) is 0 Å². The number of hydrogen-bond acceptors (Lipinski definition) is 4. The van der Waals surface area contributed by atoms with Crippen LogP contribution in [-0.4, -0.2) is 13.4 Å². The van der Waals surface area contributed by atoms with Crippen molar-refractivity contribution in [2.45, 2.75) is 18.7 Å². The lowest BCUT2D eigenvalue weighted by Crippen LogP contribution is -2.15. The van der Waals surface area contributed by atoms with Gasteiger partial charge < -0.3 is 5.32 Å². The molecule has 2 aromatic carbocycles. The standard InChI is InChI=1S/C19H17F2N3O2S/c1-12-6-8-17(13(2)10-12)27(25,26)24-18-9-7-14(11-22-18)23-19-15(20)4-3-5-16(19)21/h3-11,23H,1-2H3,(H,22,24). The molecule has 0 unspecified atom stereocenters. The molecule has 0 fully saturated rings. The number of halogens is 2. The third-order valence-electron chi connectivity index (χ3n) is 3.85. The maximum atomic E-state index is 13.7. The van der Waals surface area contributed by atoms with Crippen LogP contribution in [0, 0.1) is 25.5 Å². The van der Waals surface area contributed by atoms with E-state index in [2.05, 4.69) is 15.0 Å². The molecule has 0 saturated carbocycles. The second kappa shape index (κ2) is 7.32. The van der Waals surface area contributed by atoms with E-state index in [4.69, 9.17) is 0 Å². The maximum Gasteiger partial charge on any atom is 0.263 e. The fraction of sp³-hybridized carbons (Fsp3) is 0.105. The van der Waals surface area contributed by atoms with E-state index >= 15 is 0 Å². The number of rotatable bonds is 5. The molecule has 0 amide bonds. The van der Waals surface area contributed by atoms with Crippen LogP contribution in [0.2, 0.25) is 0 Å². The molecule has 1 heterocycles. The molecule has 5 nitrogen and oxygen atoms in total. The third-order valence-corrected chi connectivity index (χ3v) is 5.37. The Morgan fingerprint density at radius 3 is 2.26 bits per heavy atom. The van der Waals surface area contributed by atoms with Crippen LogP contribution in [0.25, 0.3) is 0 Å². The molecule has 0 bridgehead atoms. The minimum absolute atomic E-state index is 0.0922. The zero-order valence-electron chi connectivity index (χ0n) is 14.6. The van der Waals surface area contributed by atoms with Crippen molar-refractivity contribution in [3.63, 3.8) is 0 Å². The van der Waals surface area contributed by atoms with E-state index in [1.54, 1.807) is 19.1 Å². The Morgan fingerprint density at radius 1 is 0.963 bits per heavy atom. The normalized spacial score (nSPS) is 11.3. The molecule has 140 valence electrons. The predicted octanol–water partition coefficient (Wildman–Crippen LogP) is 4.52. The second-order valence-electron chi connectivity index (χ2n) is 6.03. The van der Waals surface area contributed by atoms with Crippen molar-refractivity contribution in [1.29, 1.82) is 0 Å². The lowest BCUT2D eigenvalue weighted by molar-refractivity contribution is 0.590. The van der Waals surface area contributed by atoms with Crippen LogP contribution in [0.3, 0.4) is 0 Å². The van der Waals surface area contributed by atoms with Gasteiger partial charge in [0.2, 0.25) is 0 Å². The summed E-state index contributed by atoms with van der Waals surface area (Å²) >= 11 is 0. The number of aromatic nitrogens is 1. The van der Waals surface area contributed by atoms with Crippen LogP contribution in [0.4, 0.5) is 26.0 Å². The van der Waals surface area contributed by atoms with Gasteiger partial charge in [-0.05, 0) is 49.7 Å². The van der Waals surface area contributed by atoms with Gasteiger partial charge in [0.15, 0.2) is 0 Å². The Kier molecular flexibility index (Phi) is 5.09. The molecular formula is C19H17F2N3O2S. The maximum absolute atomic E-state index is 13.7. The molecule has 1 aromatic heterocycles. The van der Waals surface area contributed by atoms with Crippen LogP contribution in [0.15, 0.2) is 59.6 Å². The molecule has 3 rings (SSSR count). The molecule has 0 atom stereocenters. The van der Waals surface area contributed by atoms with E-state index in [9.17, 15) is 17.2 Å². The summed E-state index contributed by atoms with van der Waals surface area (Å²) in [5.41, 5.74) is 1.59. The monoisotopic (exact) mass is 389 g/mol. The first-order valence-corrected chi connectivity index (χ1v) is 9.52. The molecule has 27 heavy (non-hydrogen) atoms. The topological polar surface area (TPSA) is 71.1 Å². The summed E-state index contributed by atoms with van der Waals surface area (Å²) in [6.45, 7) is 3.59. The first-order valence-electron chi connectivity index (χ1n) is 8.03. The lowest BCUT2D eigenvalue weighted by Gasteiger charge is -2.12. The first kappa shape index (κ1) is 18.8. The summed E-state index contributed by atoms with van der Waals surface area (Å²) in [6, 6.07) is 11.4. The van der Waals surface area contributed by atoms with Crippen molar-refractivity contribution >= 4 is 27.2 Å². The van der Waals surface area contributed by atoms with Crippen LogP contribution in [-0.2, 0) is 10.0 Å². The van der Waals surface area contributed by atoms with Gasteiger partial charge in [-0.25, -0.2) is 22.2 Å². The smallest absolute Gasteiger partial charge is 0.263 e. The fourth-order valence-electron chi connectivity index (χ4n) is 2.58. The van der Waals surface area contributed by atoms with Crippen molar-refractivity contribution in [3.05, 3.63) is 77.5 Å². The van der Waals surface area contributed by atoms with Gasteiger partial charge in [-0.15, -0.1) is 0 Å². The Balaban J connectivity index is 1.79. The summed E-state index contributed by atoms with van der Waals surface area (Å²) < 4.78 is 54.8.